The van der Waals surface area contributed by atoms with Crippen LogP contribution in [0.15, 0.2) is 36.5 Å². The van der Waals surface area contributed by atoms with Crippen LogP contribution in [0.1, 0.15) is 16.7 Å². The Balaban J connectivity index is 2.20. The first kappa shape index (κ1) is 12.9. The fourth-order valence-electron chi connectivity index (χ4n) is 1.90. The van der Waals surface area contributed by atoms with Crippen molar-refractivity contribution in [2.45, 2.75) is 13.5 Å². The van der Waals surface area contributed by atoms with E-state index in [0.29, 0.717) is 18.0 Å². The van der Waals surface area contributed by atoms with Gasteiger partial charge in [0.05, 0.1) is 18.4 Å². The van der Waals surface area contributed by atoms with E-state index < -0.39 is 0 Å². The molecule has 0 unspecified atom stereocenters. The smallest absolute Gasteiger partial charge is 0.218 e. The molecule has 0 amide bonds. The average molecular weight is 253 g/mol. The van der Waals surface area contributed by atoms with Gasteiger partial charge in [-0.2, -0.15) is 5.26 Å². The highest BCUT2D eigenvalue weighted by Gasteiger charge is 2.06. The van der Waals surface area contributed by atoms with Crippen LogP contribution in [-0.4, -0.2) is 12.1 Å². The molecule has 2 aromatic rings. The molecule has 19 heavy (non-hydrogen) atoms. The number of nitriles is 1. The lowest BCUT2D eigenvalue weighted by Crippen LogP contribution is -2.04. The number of aryl methyl sites for hydroxylation is 1. The molecule has 0 atom stereocenters. The van der Waals surface area contributed by atoms with E-state index in [-0.39, 0.29) is 0 Å². The fraction of sp³-hybridized carbons (Fsp3) is 0.200. The molecule has 0 saturated heterocycles. The molecule has 1 heterocycles. The Kier molecular flexibility index (Phi) is 3.99. The molecular formula is C15H15N3O. The molecule has 1 aromatic heterocycles. The lowest BCUT2D eigenvalue weighted by molar-refractivity contribution is 0.393. The molecule has 4 heteroatoms. The molecule has 96 valence electrons. The van der Waals surface area contributed by atoms with E-state index in [1.165, 1.54) is 0 Å². The normalized spacial score (nSPS) is 9.74. The predicted octanol–water partition coefficient (Wildman–Crippen LogP) is 2.88. The van der Waals surface area contributed by atoms with Crippen molar-refractivity contribution in [3.05, 3.63) is 53.2 Å². The van der Waals surface area contributed by atoms with Gasteiger partial charge in [-0.25, -0.2) is 4.98 Å². The summed E-state index contributed by atoms with van der Waals surface area (Å²) < 4.78 is 5.20. The van der Waals surface area contributed by atoms with Crippen molar-refractivity contribution in [1.82, 2.24) is 4.98 Å². The van der Waals surface area contributed by atoms with Gasteiger partial charge in [0.15, 0.2) is 0 Å². The number of nitrogens with zero attached hydrogens (tertiary/aromatic N) is 2. The van der Waals surface area contributed by atoms with Crippen LogP contribution in [-0.2, 0) is 6.54 Å². The van der Waals surface area contributed by atoms with Gasteiger partial charge >= 0.3 is 0 Å². The average Bonchev–Trinajstić information content (AvgIpc) is 2.45. The standard InChI is InChI=1S/C15H15N3O/c1-11-5-3-7-14(13(11)9-16)18-10-12-6-4-8-17-15(12)19-2/h3-8,18H,10H2,1-2H3. The van der Waals surface area contributed by atoms with Crippen LogP contribution in [0.3, 0.4) is 0 Å². The van der Waals surface area contributed by atoms with Crippen LogP contribution in [0.5, 0.6) is 5.88 Å². The van der Waals surface area contributed by atoms with Gasteiger partial charge in [-0.1, -0.05) is 18.2 Å². The quantitative estimate of drug-likeness (QED) is 0.910. The summed E-state index contributed by atoms with van der Waals surface area (Å²) in [4.78, 5) is 4.14. The SMILES string of the molecule is COc1ncccc1CNc1cccc(C)c1C#N. The van der Waals surface area contributed by atoms with Crippen molar-refractivity contribution in [3.8, 4) is 11.9 Å². The molecule has 0 spiro atoms. The van der Waals surface area contributed by atoms with Crippen LogP contribution in [0, 0.1) is 18.3 Å². The van der Waals surface area contributed by atoms with E-state index >= 15 is 0 Å². The molecule has 1 N–H and O–H groups in total. The second-order valence-electron chi connectivity index (χ2n) is 4.13. The van der Waals surface area contributed by atoms with Crippen LogP contribution in [0.2, 0.25) is 0 Å². The first-order valence-electron chi connectivity index (χ1n) is 5.97. The summed E-state index contributed by atoms with van der Waals surface area (Å²) in [6.45, 7) is 2.49. The van der Waals surface area contributed by atoms with Crippen molar-refractivity contribution in [2.75, 3.05) is 12.4 Å². The Morgan fingerprint density at radius 2 is 2.16 bits per heavy atom. The van der Waals surface area contributed by atoms with Crippen molar-refractivity contribution in [3.63, 3.8) is 0 Å². The van der Waals surface area contributed by atoms with Crippen molar-refractivity contribution in [1.29, 1.82) is 5.26 Å². The Morgan fingerprint density at radius 1 is 1.32 bits per heavy atom. The second kappa shape index (κ2) is 5.87. The molecule has 0 aliphatic heterocycles. The van der Waals surface area contributed by atoms with Gasteiger partial charge in [0.1, 0.15) is 6.07 Å². The zero-order valence-corrected chi connectivity index (χ0v) is 11.0. The van der Waals surface area contributed by atoms with Gasteiger partial charge in [0.25, 0.3) is 0 Å². The fourth-order valence-corrected chi connectivity index (χ4v) is 1.90. The van der Waals surface area contributed by atoms with Gasteiger partial charge < -0.3 is 10.1 Å². The van der Waals surface area contributed by atoms with Crippen LogP contribution < -0.4 is 10.1 Å². The Morgan fingerprint density at radius 3 is 2.89 bits per heavy atom. The first-order chi connectivity index (χ1) is 9.26. The van der Waals surface area contributed by atoms with Crippen LogP contribution in [0.25, 0.3) is 0 Å². The number of nitrogens with one attached hydrogen (secondary N) is 1. The maximum absolute atomic E-state index is 9.17. The second-order valence-corrected chi connectivity index (χ2v) is 4.13. The molecule has 0 fully saturated rings. The highest BCUT2D eigenvalue weighted by atomic mass is 16.5. The number of rotatable bonds is 4. The lowest BCUT2D eigenvalue weighted by atomic mass is 10.1. The Labute approximate surface area is 112 Å². The molecule has 0 saturated carbocycles. The topological polar surface area (TPSA) is 57.9 Å². The third-order valence-electron chi connectivity index (χ3n) is 2.90. The highest BCUT2D eigenvalue weighted by molar-refractivity contribution is 5.60. The lowest BCUT2D eigenvalue weighted by Gasteiger charge is -2.11. The first-order valence-corrected chi connectivity index (χ1v) is 5.97. The molecule has 0 radical (unpaired) electrons. The number of hydrogen-bond acceptors (Lipinski definition) is 4. The monoisotopic (exact) mass is 253 g/mol. The van der Waals surface area contributed by atoms with E-state index in [1.54, 1.807) is 13.3 Å². The summed E-state index contributed by atoms with van der Waals surface area (Å²) in [6.07, 6.45) is 1.69. The van der Waals surface area contributed by atoms with Gasteiger partial charge in [0, 0.05) is 18.3 Å². The van der Waals surface area contributed by atoms with Crippen LogP contribution in [0.4, 0.5) is 5.69 Å². The minimum atomic E-state index is 0.565. The molecule has 0 bridgehead atoms. The van der Waals surface area contributed by atoms with E-state index in [1.807, 2.05) is 37.3 Å². The summed E-state index contributed by atoms with van der Waals surface area (Å²) in [5.41, 5.74) is 3.42. The number of methoxy groups -OCH3 is 1. The summed E-state index contributed by atoms with van der Waals surface area (Å²) in [7, 11) is 1.60. The minimum absolute atomic E-state index is 0.565. The summed E-state index contributed by atoms with van der Waals surface area (Å²) >= 11 is 0. The van der Waals surface area contributed by atoms with Crippen molar-refractivity contribution < 1.29 is 4.74 Å². The number of pyridine rings is 1. The summed E-state index contributed by atoms with van der Waals surface area (Å²) in [6, 6.07) is 11.8. The Bertz CT molecular complexity index is 617. The minimum Gasteiger partial charge on any atom is -0.481 e. The molecule has 1 aromatic carbocycles. The maximum Gasteiger partial charge on any atom is 0.218 e. The van der Waals surface area contributed by atoms with E-state index in [2.05, 4.69) is 16.4 Å². The van der Waals surface area contributed by atoms with Gasteiger partial charge in [-0.3, -0.25) is 0 Å². The number of hydrogen-bond donors (Lipinski definition) is 1. The van der Waals surface area contributed by atoms with Crippen molar-refractivity contribution in [2.24, 2.45) is 0 Å². The van der Waals surface area contributed by atoms with Gasteiger partial charge in [-0.05, 0) is 24.6 Å². The molecule has 4 nitrogen and oxygen atoms in total. The van der Waals surface area contributed by atoms with Crippen LogP contribution >= 0.6 is 0 Å². The molecular weight excluding hydrogens is 238 g/mol. The summed E-state index contributed by atoms with van der Waals surface area (Å²) in [5.74, 6) is 0.598. The number of aromatic nitrogens is 1. The van der Waals surface area contributed by atoms with Gasteiger partial charge in [-0.15, -0.1) is 0 Å². The van der Waals surface area contributed by atoms with Crippen molar-refractivity contribution >= 4 is 5.69 Å². The molecule has 2 rings (SSSR count). The number of ether oxygens (including phenoxy) is 1. The molecule has 0 aliphatic rings. The number of anilines is 1. The third-order valence-corrected chi connectivity index (χ3v) is 2.90. The Hall–Kier alpha value is -2.54. The zero-order valence-electron chi connectivity index (χ0n) is 11.0. The van der Waals surface area contributed by atoms with E-state index in [4.69, 9.17) is 4.74 Å². The number of benzene rings is 1. The zero-order chi connectivity index (χ0) is 13.7. The molecule has 0 aliphatic carbocycles. The van der Waals surface area contributed by atoms with E-state index in [9.17, 15) is 5.26 Å². The largest absolute Gasteiger partial charge is 0.481 e. The maximum atomic E-state index is 9.17. The third kappa shape index (κ3) is 2.83. The van der Waals surface area contributed by atoms with Gasteiger partial charge in [0.2, 0.25) is 5.88 Å². The predicted molar refractivity (Wildman–Crippen MR) is 74.0 cm³/mol. The summed E-state index contributed by atoms with van der Waals surface area (Å²) in [5, 5.41) is 12.4. The van der Waals surface area contributed by atoms with E-state index in [0.717, 1.165) is 16.8 Å². The highest BCUT2D eigenvalue weighted by Crippen LogP contribution is 2.21.